The molecular formula is C9H16N4O2. The summed E-state index contributed by atoms with van der Waals surface area (Å²) in [5, 5.41) is 9.64. The molecule has 6 nitrogen and oxygen atoms in total. The van der Waals surface area contributed by atoms with E-state index in [0.717, 1.165) is 5.69 Å². The van der Waals surface area contributed by atoms with Crippen LogP contribution in [0, 0.1) is 0 Å². The van der Waals surface area contributed by atoms with Gasteiger partial charge in [0, 0.05) is 26.9 Å². The molecule has 0 saturated heterocycles. The van der Waals surface area contributed by atoms with E-state index < -0.39 is 0 Å². The Morgan fingerprint density at radius 1 is 1.67 bits per heavy atom. The van der Waals surface area contributed by atoms with Crippen molar-refractivity contribution in [2.75, 3.05) is 32.1 Å². The Morgan fingerprint density at radius 2 is 2.47 bits per heavy atom. The first kappa shape index (κ1) is 11.5. The number of carbonyl (C=O) groups excluding carboxylic acids is 1. The van der Waals surface area contributed by atoms with Gasteiger partial charge in [0.05, 0.1) is 25.0 Å². The number of hydrogen-bond donors (Lipinski definition) is 2. The number of amides is 1. The molecule has 0 spiro atoms. The SMILES string of the molecule is COCCNC(=O)CNc1cnn(C)c1. The molecule has 0 fully saturated rings. The Hall–Kier alpha value is -1.56. The van der Waals surface area contributed by atoms with Crippen LogP contribution in [-0.2, 0) is 16.6 Å². The molecule has 0 radical (unpaired) electrons. The number of nitrogens with zero attached hydrogens (tertiary/aromatic N) is 2. The molecular weight excluding hydrogens is 196 g/mol. The summed E-state index contributed by atoms with van der Waals surface area (Å²) in [4.78, 5) is 11.2. The van der Waals surface area contributed by atoms with Crippen molar-refractivity contribution in [1.29, 1.82) is 0 Å². The Bertz CT molecular complexity index is 311. The van der Waals surface area contributed by atoms with Crippen LogP contribution in [0.4, 0.5) is 5.69 Å². The summed E-state index contributed by atoms with van der Waals surface area (Å²) < 4.78 is 6.48. The quantitative estimate of drug-likeness (QED) is 0.629. The molecule has 1 aromatic heterocycles. The summed E-state index contributed by atoms with van der Waals surface area (Å²) >= 11 is 0. The number of carbonyl (C=O) groups is 1. The van der Waals surface area contributed by atoms with Gasteiger partial charge in [-0.05, 0) is 0 Å². The Morgan fingerprint density at radius 3 is 3.07 bits per heavy atom. The van der Waals surface area contributed by atoms with E-state index in [9.17, 15) is 4.79 Å². The van der Waals surface area contributed by atoms with Gasteiger partial charge in [-0.25, -0.2) is 0 Å². The van der Waals surface area contributed by atoms with E-state index in [-0.39, 0.29) is 12.5 Å². The van der Waals surface area contributed by atoms with Crippen molar-refractivity contribution in [3.8, 4) is 0 Å². The van der Waals surface area contributed by atoms with Crippen LogP contribution in [0.5, 0.6) is 0 Å². The van der Waals surface area contributed by atoms with E-state index in [0.29, 0.717) is 13.2 Å². The third-order valence-corrected chi connectivity index (χ3v) is 1.79. The van der Waals surface area contributed by atoms with Crippen LogP contribution in [0.25, 0.3) is 0 Å². The van der Waals surface area contributed by atoms with Gasteiger partial charge in [-0.3, -0.25) is 9.48 Å². The second-order valence-electron chi connectivity index (χ2n) is 3.10. The average molecular weight is 212 g/mol. The topological polar surface area (TPSA) is 68.2 Å². The van der Waals surface area contributed by atoms with Gasteiger partial charge < -0.3 is 15.4 Å². The van der Waals surface area contributed by atoms with Crippen LogP contribution < -0.4 is 10.6 Å². The van der Waals surface area contributed by atoms with Gasteiger partial charge in [0.2, 0.25) is 5.91 Å². The fourth-order valence-corrected chi connectivity index (χ4v) is 1.05. The fourth-order valence-electron chi connectivity index (χ4n) is 1.05. The minimum atomic E-state index is -0.0593. The van der Waals surface area contributed by atoms with Gasteiger partial charge in [-0.1, -0.05) is 0 Å². The molecule has 84 valence electrons. The third-order valence-electron chi connectivity index (χ3n) is 1.79. The van der Waals surface area contributed by atoms with Crippen molar-refractivity contribution in [1.82, 2.24) is 15.1 Å². The van der Waals surface area contributed by atoms with Crippen molar-refractivity contribution in [3.63, 3.8) is 0 Å². The number of methoxy groups -OCH3 is 1. The van der Waals surface area contributed by atoms with Gasteiger partial charge in [0.15, 0.2) is 0 Å². The smallest absolute Gasteiger partial charge is 0.239 e. The minimum Gasteiger partial charge on any atom is -0.383 e. The third kappa shape index (κ3) is 4.46. The number of hydrogen-bond acceptors (Lipinski definition) is 4. The molecule has 15 heavy (non-hydrogen) atoms. The molecule has 0 aromatic carbocycles. The van der Waals surface area contributed by atoms with E-state index in [4.69, 9.17) is 4.74 Å². The maximum atomic E-state index is 11.2. The Kier molecular flexibility index (Phi) is 4.62. The number of ether oxygens (including phenoxy) is 1. The normalized spacial score (nSPS) is 10.0. The van der Waals surface area contributed by atoms with Gasteiger partial charge in [-0.15, -0.1) is 0 Å². The van der Waals surface area contributed by atoms with Gasteiger partial charge in [0.1, 0.15) is 0 Å². The van der Waals surface area contributed by atoms with Gasteiger partial charge in [0.25, 0.3) is 0 Å². The molecule has 0 saturated carbocycles. The number of aromatic nitrogens is 2. The van der Waals surface area contributed by atoms with Crippen molar-refractivity contribution in [3.05, 3.63) is 12.4 Å². The van der Waals surface area contributed by atoms with Crippen molar-refractivity contribution in [2.45, 2.75) is 0 Å². The molecule has 1 heterocycles. The second-order valence-corrected chi connectivity index (χ2v) is 3.10. The summed E-state index contributed by atoms with van der Waals surface area (Å²) in [6.07, 6.45) is 3.48. The Balaban J connectivity index is 2.16. The number of nitrogens with one attached hydrogen (secondary N) is 2. The van der Waals surface area contributed by atoms with Crippen LogP contribution in [0.2, 0.25) is 0 Å². The lowest BCUT2D eigenvalue weighted by Gasteiger charge is -2.05. The summed E-state index contributed by atoms with van der Waals surface area (Å²) in [7, 11) is 3.42. The van der Waals surface area contributed by atoms with E-state index in [1.54, 1.807) is 18.0 Å². The summed E-state index contributed by atoms with van der Waals surface area (Å²) in [5.74, 6) is -0.0593. The molecule has 0 atom stereocenters. The largest absolute Gasteiger partial charge is 0.383 e. The molecule has 1 aromatic rings. The highest BCUT2D eigenvalue weighted by Crippen LogP contribution is 2.01. The van der Waals surface area contributed by atoms with Gasteiger partial charge >= 0.3 is 0 Å². The second kappa shape index (κ2) is 6.02. The zero-order valence-corrected chi connectivity index (χ0v) is 8.99. The lowest BCUT2D eigenvalue weighted by atomic mass is 10.5. The molecule has 6 heteroatoms. The predicted octanol–water partition coefficient (Wildman–Crippen LogP) is -0.405. The number of rotatable bonds is 6. The van der Waals surface area contributed by atoms with Crippen LogP contribution in [0.1, 0.15) is 0 Å². The molecule has 0 bridgehead atoms. The fraction of sp³-hybridized carbons (Fsp3) is 0.556. The molecule has 0 unspecified atom stereocenters. The van der Waals surface area contributed by atoms with E-state index in [1.165, 1.54) is 0 Å². The van der Waals surface area contributed by atoms with Crippen molar-refractivity contribution in [2.24, 2.45) is 7.05 Å². The van der Waals surface area contributed by atoms with Gasteiger partial charge in [-0.2, -0.15) is 5.10 Å². The number of aryl methyl sites for hydroxylation is 1. The van der Waals surface area contributed by atoms with E-state index in [1.807, 2.05) is 13.2 Å². The monoisotopic (exact) mass is 212 g/mol. The first-order valence-corrected chi connectivity index (χ1v) is 4.70. The lowest BCUT2D eigenvalue weighted by molar-refractivity contribution is -0.119. The molecule has 2 N–H and O–H groups in total. The first-order valence-electron chi connectivity index (χ1n) is 4.70. The average Bonchev–Trinajstić information content (AvgIpc) is 2.62. The summed E-state index contributed by atoms with van der Waals surface area (Å²) in [5.41, 5.74) is 0.833. The predicted molar refractivity (Wildman–Crippen MR) is 56.6 cm³/mol. The minimum absolute atomic E-state index is 0.0593. The molecule has 1 rings (SSSR count). The van der Waals surface area contributed by atoms with Crippen LogP contribution >= 0.6 is 0 Å². The first-order chi connectivity index (χ1) is 7.22. The zero-order valence-electron chi connectivity index (χ0n) is 8.99. The molecule has 1 amide bonds. The molecule has 0 aliphatic heterocycles. The van der Waals surface area contributed by atoms with Crippen LogP contribution in [-0.4, -0.2) is 42.5 Å². The number of anilines is 1. The maximum Gasteiger partial charge on any atom is 0.239 e. The van der Waals surface area contributed by atoms with Crippen molar-refractivity contribution < 1.29 is 9.53 Å². The van der Waals surface area contributed by atoms with E-state index in [2.05, 4.69) is 15.7 Å². The van der Waals surface area contributed by atoms with E-state index >= 15 is 0 Å². The molecule has 0 aliphatic carbocycles. The van der Waals surface area contributed by atoms with Crippen LogP contribution in [0.15, 0.2) is 12.4 Å². The molecule has 0 aliphatic rings. The summed E-state index contributed by atoms with van der Waals surface area (Å²) in [6, 6.07) is 0. The zero-order chi connectivity index (χ0) is 11.1. The maximum absolute atomic E-state index is 11.2. The summed E-state index contributed by atoms with van der Waals surface area (Å²) in [6.45, 7) is 1.30. The highest BCUT2D eigenvalue weighted by Gasteiger charge is 2.00. The Labute approximate surface area is 88.6 Å². The van der Waals surface area contributed by atoms with Crippen LogP contribution in [0.3, 0.4) is 0 Å². The highest BCUT2D eigenvalue weighted by atomic mass is 16.5. The van der Waals surface area contributed by atoms with Crippen molar-refractivity contribution >= 4 is 11.6 Å². The lowest BCUT2D eigenvalue weighted by Crippen LogP contribution is -2.32. The standard InChI is InChI=1S/C9H16N4O2/c1-13-7-8(5-12-13)11-6-9(14)10-3-4-15-2/h5,7,11H,3-4,6H2,1-2H3,(H,10,14). The highest BCUT2D eigenvalue weighted by molar-refractivity contribution is 5.80.